The van der Waals surface area contributed by atoms with E-state index in [2.05, 4.69) is 59.4 Å². The van der Waals surface area contributed by atoms with Gasteiger partial charge in [-0.05, 0) is 38.4 Å². The summed E-state index contributed by atoms with van der Waals surface area (Å²) in [5.74, 6) is 0.627. The van der Waals surface area contributed by atoms with Gasteiger partial charge in [-0.2, -0.15) is 5.10 Å². The molecule has 1 aliphatic rings. The van der Waals surface area contributed by atoms with E-state index in [0.29, 0.717) is 5.92 Å². The molecule has 2 aromatic rings. The molecular weight excluding hydrogens is 234 g/mol. The Hall–Kier alpha value is -1.61. The van der Waals surface area contributed by atoms with Crippen molar-refractivity contribution in [2.24, 2.45) is 7.05 Å². The number of nitrogens with one attached hydrogen (secondary N) is 1. The molecule has 0 atom stereocenters. The first-order valence-corrected chi connectivity index (χ1v) is 7.07. The van der Waals surface area contributed by atoms with Crippen molar-refractivity contribution in [3.05, 3.63) is 41.7 Å². The van der Waals surface area contributed by atoms with Crippen LogP contribution in [0.2, 0.25) is 0 Å². The molecule has 0 spiro atoms. The van der Waals surface area contributed by atoms with Crippen molar-refractivity contribution in [1.82, 2.24) is 15.1 Å². The summed E-state index contributed by atoms with van der Waals surface area (Å²) in [5, 5.41) is 8.10. The van der Waals surface area contributed by atoms with E-state index in [9.17, 15) is 0 Å². The number of hydrogen-bond acceptors (Lipinski definition) is 2. The first kappa shape index (κ1) is 12.4. The molecule has 1 N–H and O–H groups in total. The van der Waals surface area contributed by atoms with Crippen LogP contribution in [0, 0.1) is 6.92 Å². The van der Waals surface area contributed by atoms with Crippen molar-refractivity contribution < 1.29 is 0 Å². The molecule has 3 heteroatoms. The molecule has 1 aromatic carbocycles. The Bertz CT molecular complexity index is 551. The minimum atomic E-state index is 0.627. The fraction of sp³-hybridized carbons (Fsp3) is 0.438. The van der Waals surface area contributed by atoms with Crippen molar-refractivity contribution in [3.8, 4) is 11.1 Å². The van der Waals surface area contributed by atoms with Crippen molar-refractivity contribution in [2.45, 2.75) is 25.7 Å². The van der Waals surface area contributed by atoms with Gasteiger partial charge < -0.3 is 5.32 Å². The van der Waals surface area contributed by atoms with E-state index in [1.165, 1.54) is 29.7 Å². The molecular formula is C16H21N3. The zero-order chi connectivity index (χ0) is 13.2. The SMILES string of the molecule is Cc1nn(C)c(C2CCNCC2)c1-c1ccccc1. The molecule has 0 unspecified atom stereocenters. The van der Waals surface area contributed by atoms with Crippen LogP contribution in [0.15, 0.2) is 30.3 Å². The molecule has 1 fully saturated rings. The molecule has 3 nitrogen and oxygen atoms in total. The summed E-state index contributed by atoms with van der Waals surface area (Å²) in [4.78, 5) is 0. The predicted molar refractivity (Wildman–Crippen MR) is 78.2 cm³/mol. The zero-order valence-corrected chi connectivity index (χ0v) is 11.7. The van der Waals surface area contributed by atoms with Gasteiger partial charge in [0.2, 0.25) is 0 Å². The second-order valence-corrected chi connectivity index (χ2v) is 5.36. The number of benzene rings is 1. The maximum Gasteiger partial charge on any atom is 0.0675 e. The fourth-order valence-corrected chi connectivity index (χ4v) is 3.20. The monoisotopic (exact) mass is 255 g/mol. The minimum absolute atomic E-state index is 0.627. The summed E-state index contributed by atoms with van der Waals surface area (Å²) >= 11 is 0. The van der Waals surface area contributed by atoms with Crippen molar-refractivity contribution >= 4 is 0 Å². The first-order valence-electron chi connectivity index (χ1n) is 7.07. The highest BCUT2D eigenvalue weighted by atomic mass is 15.3. The van der Waals surface area contributed by atoms with Crippen LogP contribution in [0.3, 0.4) is 0 Å². The maximum absolute atomic E-state index is 4.66. The summed E-state index contributed by atoms with van der Waals surface area (Å²) in [6.45, 7) is 4.35. The maximum atomic E-state index is 4.66. The van der Waals surface area contributed by atoms with E-state index in [-0.39, 0.29) is 0 Å². The summed E-state index contributed by atoms with van der Waals surface area (Å²) in [7, 11) is 2.08. The molecule has 19 heavy (non-hydrogen) atoms. The van der Waals surface area contributed by atoms with Crippen LogP contribution in [-0.4, -0.2) is 22.9 Å². The van der Waals surface area contributed by atoms with E-state index in [4.69, 9.17) is 0 Å². The van der Waals surface area contributed by atoms with Gasteiger partial charge in [0, 0.05) is 24.2 Å². The van der Waals surface area contributed by atoms with Crippen LogP contribution in [-0.2, 0) is 7.05 Å². The molecule has 2 heterocycles. The van der Waals surface area contributed by atoms with Crippen molar-refractivity contribution in [3.63, 3.8) is 0 Å². The lowest BCUT2D eigenvalue weighted by atomic mass is 9.89. The zero-order valence-electron chi connectivity index (χ0n) is 11.7. The Balaban J connectivity index is 2.08. The van der Waals surface area contributed by atoms with Crippen LogP contribution >= 0.6 is 0 Å². The van der Waals surface area contributed by atoms with Crippen LogP contribution in [0.5, 0.6) is 0 Å². The normalized spacial score (nSPS) is 16.7. The predicted octanol–water partition coefficient (Wildman–Crippen LogP) is 2.86. The van der Waals surface area contributed by atoms with Crippen LogP contribution in [0.1, 0.15) is 30.1 Å². The molecule has 1 aliphatic heterocycles. The Morgan fingerprint density at radius 3 is 2.53 bits per heavy atom. The number of hydrogen-bond donors (Lipinski definition) is 1. The van der Waals surface area contributed by atoms with Crippen LogP contribution < -0.4 is 5.32 Å². The largest absolute Gasteiger partial charge is 0.317 e. The molecule has 1 aromatic heterocycles. The second-order valence-electron chi connectivity index (χ2n) is 5.36. The van der Waals surface area contributed by atoms with Crippen LogP contribution in [0.25, 0.3) is 11.1 Å². The van der Waals surface area contributed by atoms with E-state index in [0.717, 1.165) is 18.8 Å². The van der Waals surface area contributed by atoms with Gasteiger partial charge in [0.05, 0.1) is 5.69 Å². The number of aromatic nitrogens is 2. The lowest BCUT2D eigenvalue weighted by Gasteiger charge is -2.24. The fourth-order valence-electron chi connectivity index (χ4n) is 3.20. The highest BCUT2D eigenvalue weighted by Gasteiger charge is 2.24. The number of piperidine rings is 1. The van der Waals surface area contributed by atoms with Gasteiger partial charge in [0.25, 0.3) is 0 Å². The molecule has 100 valence electrons. The Kier molecular flexibility index (Phi) is 3.38. The van der Waals surface area contributed by atoms with E-state index >= 15 is 0 Å². The second kappa shape index (κ2) is 5.17. The average Bonchev–Trinajstić information content (AvgIpc) is 2.75. The van der Waals surface area contributed by atoms with Gasteiger partial charge in [-0.3, -0.25) is 4.68 Å². The molecule has 0 radical (unpaired) electrons. The van der Waals surface area contributed by atoms with Gasteiger partial charge in [-0.1, -0.05) is 30.3 Å². The third-order valence-corrected chi connectivity index (χ3v) is 4.05. The summed E-state index contributed by atoms with van der Waals surface area (Å²) in [6.07, 6.45) is 2.41. The molecule has 0 aliphatic carbocycles. The number of nitrogens with zero attached hydrogens (tertiary/aromatic N) is 2. The topological polar surface area (TPSA) is 29.9 Å². The summed E-state index contributed by atoms with van der Waals surface area (Å²) < 4.78 is 2.09. The molecule has 3 rings (SSSR count). The third kappa shape index (κ3) is 2.30. The lowest BCUT2D eigenvalue weighted by Crippen LogP contribution is -2.27. The Labute approximate surface area is 114 Å². The summed E-state index contributed by atoms with van der Waals surface area (Å²) in [6, 6.07) is 10.7. The minimum Gasteiger partial charge on any atom is -0.317 e. The number of aryl methyl sites for hydroxylation is 2. The first-order chi connectivity index (χ1) is 9.27. The third-order valence-electron chi connectivity index (χ3n) is 4.05. The van der Waals surface area contributed by atoms with Crippen molar-refractivity contribution in [1.29, 1.82) is 0 Å². The molecule has 0 bridgehead atoms. The lowest BCUT2D eigenvalue weighted by molar-refractivity contribution is 0.440. The van der Waals surface area contributed by atoms with Gasteiger partial charge in [0.15, 0.2) is 0 Å². The number of rotatable bonds is 2. The van der Waals surface area contributed by atoms with E-state index < -0.39 is 0 Å². The summed E-state index contributed by atoms with van der Waals surface area (Å²) in [5.41, 5.74) is 5.18. The average molecular weight is 255 g/mol. The van der Waals surface area contributed by atoms with E-state index in [1.54, 1.807) is 0 Å². The van der Waals surface area contributed by atoms with Gasteiger partial charge in [0.1, 0.15) is 0 Å². The van der Waals surface area contributed by atoms with Gasteiger partial charge in [-0.25, -0.2) is 0 Å². The Morgan fingerprint density at radius 2 is 1.84 bits per heavy atom. The van der Waals surface area contributed by atoms with Gasteiger partial charge in [-0.15, -0.1) is 0 Å². The molecule has 0 amide bonds. The highest BCUT2D eigenvalue weighted by molar-refractivity contribution is 5.69. The van der Waals surface area contributed by atoms with Gasteiger partial charge >= 0.3 is 0 Å². The van der Waals surface area contributed by atoms with E-state index in [1.807, 2.05) is 0 Å². The molecule has 1 saturated heterocycles. The Morgan fingerprint density at radius 1 is 1.16 bits per heavy atom. The quantitative estimate of drug-likeness (QED) is 0.894. The highest BCUT2D eigenvalue weighted by Crippen LogP contribution is 2.35. The van der Waals surface area contributed by atoms with Crippen molar-refractivity contribution in [2.75, 3.05) is 13.1 Å². The molecule has 0 saturated carbocycles. The standard InChI is InChI=1S/C16H21N3/c1-12-15(13-6-4-3-5-7-13)16(19(2)18-12)14-8-10-17-11-9-14/h3-7,14,17H,8-11H2,1-2H3. The smallest absolute Gasteiger partial charge is 0.0675 e. The van der Waals surface area contributed by atoms with Crippen LogP contribution in [0.4, 0.5) is 0 Å².